The van der Waals surface area contributed by atoms with Crippen molar-refractivity contribution in [1.29, 1.82) is 0 Å². The number of carbonyl (C=O) groups excluding carboxylic acids is 2. The molecule has 0 unspecified atom stereocenters. The van der Waals surface area contributed by atoms with Crippen LogP contribution in [-0.4, -0.2) is 41.5 Å². The van der Waals surface area contributed by atoms with Crippen molar-refractivity contribution >= 4 is 23.2 Å². The molecule has 0 saturated carbocycles. The van der Waals surface area contributed by atoms with Gasteiger partial charge in [-0.25, -0.2) is 9.78 Å². The number of piperidine rings is 1. The molecule has 0 radical (unpaired) electrons. The Balaban J connectivity index is 1.46. The van der Waals surface area contributed by atoms with E-state index < -0.39 is 17.7 Å². The molecule has 1 saturated heterocycles. The molecule has 2 heterocycles. The van der Waals surface area contributed by atoms with Gasteiger partial charge in [0.1, 0.15) is 0 Å². The number of hydrogen-bond donors (Lipinski definition) is 0. The van der Waals surface area contributed by atoms with Gasteiger partial charge in [0, 0.05) is 30.0 Å². The third-order valence-electron chi connectivity index (χ3n) is 5.82. The zero-order valence-electron chi connectivity index (χ0n) is 18.5. The average Bonchev–Trinajstić information content (AvgIpc) is 3.34. The van der Waals surface area contributed by atoms with Crippen LogP contribution in [0.15, 0.2) is 53.9 Å². The third-order valence-corrected chi connectivity index (χ3v) is 6.83. The number of thiazole rings is 1. The zero-order chi connectivity index (χ0) is 24.3. The van der Waals surface area contributed by atoms with Gasteiger partial charge in [0.2, 0.25) is 0 Å². The van der Waals surface area contributed by atoms with Crippen molar-refractivity contribution < 1.29 is 27.5 Å². The van der Waals surface area contributed by atoms with Crippen LogP contribution in [0.5, 0.6) is 0 Å². The quantitative estimate of drug-likeness (QED) is 0.412. The number of halogens is 3. The molecule has 1 aliphatic rings. The monoisotopic (exact) mass is 488 g/mol. The first-order chi connectivity index (χ1) is 16.3. The lowest BCUT2D eigenvalue weighted by Gasteiger charge is -2.31. The van der Waals surface area contributed by atoms with E-state index in [9.17, 15) is 22.8 Å². The molecule has 2 aromatic carbocycles. The van der Waals surface area contributed by atoms with Crippen molar-refractivity contribution in [3.63, 3.8) is 0 Å². The predicted molar refractivity (Wildman–Crippen MR) is 123 cm³/mol. The Morgan fingerprint density at radius 2 is 1.76 bits per heavy atom. The van der Waals surface area contributed by atoms with Gasteiger partial charge in [-0.2, -0.15) is 13.2 Å². The smallest absolute Gasteiger partial charge is 0.416 e. The predicted octanol–water partition coefficient (Wildman–Crippen LogP) is 6.03. The van der Waals surface area contributed by atoms with Gasteiger partial charge in [-0.05, 0) is 49.1 Å². The molecular formula is C25H23F3N2O3S. The minimum absolute atomic E-state index is 0.153. The fraction of sp³-hybridized carbons (Fsp3) is 0.320. The highest BCUT2D eigenvalue weighted by atomic mass is 32.1. The van der Waals surface area contributed by atoms with E-state index in [1.807, 2.05) is 0 Å². The molecule has 1 fully saturated rings. The number of benzene rings is 2. The van der Waals surface area contributed by atoms with Gasteiger partial charge in [0.05, 0.1) is 17.2 Å². The maximum absolute atomic E-state index is 13.3. The van der Waals surface area contributed by atoms with E-state index in [1.165, 1.54) is 23.5 Å². The van der Waals surface area contributed by atoms with E-state index in [-0.39, 0.29) is 11.8 Å². The maximum atomic E-state index is 13.3. The highest BCUT2D eigenvalue weighted by Gasteiger charge is 2.31. The molecule has 0 bridgehead atoms. The summed E-state index contributed by atoms with van der Waals surface area (Å²) in [5, 5.41) is 2.56. The molecule has 3 aromatic rings. The van der Waals surface area contributed by atoms with E-state index in [1.54, 1.807) is 41.5 Å². The summed E-state index contributed by atoms with van der Waals surface area (Å²) in [6, 6.07) is 11.8. The molecule has 4 rings (SSSR count). The number of nitrogens with zero attached hydrogens (tertiary/aromatic N) is 2. The van der Waals surface area contributed by atoms with E-state index in [0.717, 1.165) is 17.1 Å². The van der Waals surface area contributed by atoms with Crippen molar-refractivity contribution in [1.82, 2.24) is 9.88 Å². The van der Waals surface area contributed by atoms with Crippen LogP contribution in [0.4, 0.5) is 13.2 Å². The lowest BCUT2D eigenvalue weighted by Crippen LogP contribution is -2.38. The molecule has 0 atom stereocenters. The van der Waals surface area contributed by atoms with Gasteiger partial charge >= 0.3 is 12.1 Å². The Morgan fingerprint density at radius 1 is 1.09 bits per heavy atom. The van der Waals surface area contributed by atoms with Crippen LogP contribution in [0, 0.1) is 0 Å². The lowest BCUT2D eigenvalue weighted by molar-refractivity contribution is -0.137. The Bertz CT molecular complexity index is 1170. The number of ether oxygens (including phenoxy) is 1. The zero-order valence-corrected chi connectivity index (χ0v) is 19.3. The summed E-state index contributed by atoms with van der Waals surface area (Å²) in [6.45, 7) is 3.09. The number of carbonyl (C=O) groups is 2. The summed E-state index contributed by atoms with van der Waals surface area (Å²) in [7, 11) is 0. The van der Waals surface area contributed by atoms with Gasteiger partial charge in [-0.1, -0.05) is 30.3 Å². The minimum Gasteiger partial charge on any atom is -0.461 e. The standard InChI is InChI=1S/C25H23F3N2O3S/c1-2-33-24(32)21-15-34-22(29-21)17-11-13-30(14-12-17)23(31)20-6-4-3-5-19(20)16-7-9-18(10-8-16)25(26,27)28/h3-10,15,17H,2,11-14H2,1H3. The summed E-state index contributed by atoms with van der Waals surface area (Å²) in [4.78, 5) is 31.4. The number of rotatable bonds is 5. The Labute approximate surface area is 199 Å². The maximum Gasteiger partial charge on any atom is 0.416 e. The summed E-state index contributed by atoms with van der Waals surface area (Å²) >= 11 is 1.42. The van der Waals surface area contributed by atoms with E-state index in [0.29, 0.717) is 54.9 Å². The molecule has 9 heteroatoms. The van der Waals surface area contributed by atoms with Crippen LogP contribution in [0.1, 0.15) is 57.1 Å². The Kier molecular flexibility index (Phi) is 7.02. The first-order valence-electron chi connectivity index (χ1n) is 11.0. The first kappa shape index (κ1) is 23.9. The number of alkyl halides is 3. The summed E-state index contributed by atoms with van der Waals surface area (Å²) < 4.78 is 43.7. The van der Waals surface area contributed by atoms with Crippen LogP contribution < -0.4 is 0 Å². The summed E-state index contributed by atoms with van der Waals surface area (Å²) in [5.41, 5.74) is 1.20. The highest BCUT2D eigenvalue weighted by molar-refractivity contribution is 7.09. The normalized spacial score (nSPS) is 14.8. The SMILES string of the molecule is CCOC(=O)c1csc(C2CCN(C(=O)c3ccccc3-c3ccc(C(F)(F)F)cc3)CC2)n1. The summed E-state index contributed by atoms with van der Waals surface area (Å²) in [6.07, 6.45) is -2.99. The fourth-order valence-electron chi connectivity index (χ4n) is 4.03. The minimum atomic E-state index is -4.41. The molecule has 0 spiro atoms. The Hall–Kier alpha value is -3.20. The van der Waals surface area contributed by atoms with Crippen molar-refractivity contribution in [3.05, 3.63) is 75.7 Å². The van der Waals surface area contributed by atoms with Crippen LogP contribution in [0.2, 0.25) is 0 Å². The second kappa shape index (κ2) is 9.97. The number of hydrogen-bond acceptors (Lipinski definition) is 5. The number of likely N-dealkylation sites (tertiary alicyclic amines) is 1. The molecular weight excluding hydrogens is 465 g/mol. The van der Waals surface area contributed by atoms with Gasteiger partial charge in [-0.15, -0.1) is 11.3 Å². The molecule has 5 nitrogen and oxygen atoms in total. The van der Waals surface area contributed by atoms with Crippen LogP contribution in [-0.2, 0) is 10.9 Å². The largest absolute Gasteiger partial charge is 0.461 e. The highest BCUT2D eigenvalue weighted by Crippen LogP contribution is 2.34. The molecule has 0 N–H and O–H groups in total. The van der Waals surface area contributed by atoms with Crippen molar-refractivity contribution in [2.24, 2.45) is 0 Å². The fourth-order valence-corrected chi connectivity index (χ4v) is 4.99. The molecule has 1 aromatic heterocycles. The lowest BCUT2D eigenvalue weighted by atomic mass is 9.94. The first-order valence-corrected chi connectivity index (χ1v) is 11.8. The van der Waals surface area contributed by atoms with E-state index in [2.05, 4.69) is 4.98 Å². The number of aromatic nitrogens is 1. The average molecular weight is 489 g/mol. The Morgan fingerprint density at radius 3 is 2.41 bits per heavy atom. The van der Waals surface area contributed by atoms with Crippen molar-refractivity contribution in [2.75, 3.05) is 19.7 Å². The third kappa shape index (κ3) is 5.14. The van der Waals surface area contributed by atoms with E-state index >= 15 is 0 Å². The van der Waals surface area contributed by atoms with Crippen molar-refractivity contribution in [3.8, 4) is 11.1 Å². The number of esters is 1. The molecule has 178 valence electrons. The van der Waals surface area contributed by atoms with Gasteiger partial charge in [-0.3, -0.25) is 4.79 Å². The van der Waals surface area contributed by atoms with Crippen LogP contribution in [0.25, 0.3) is 11.1 Å². The van der Waals surface area contributed by atoms with Gasteiger partial charge < -0.3 is 9.64 Å². The topological polar surface area (TPSA) is 59.5 Å². The second-order valence-corrected chi connectivity index (χ2v) is 8.87. The second-order valence-electron chi connectivity index (χ2n) is 7.98. The molecule has 1 aliphatic heterocycles. The van der Waals surface area contributed by atoms with Gasteiger partial charge in [0.25, 0.3) is 5.91 Å². The van der Waals surface area contributed by atoms with Crippen LogP contribution in [0.3, 0.4) is 0 Å². The molecule has 34 heavy (non-hydrogen) atoms. The molecule has 1 amide bonds. The van der Waals surface area contributed by atoms with Crippen molar-refractivity contribution in [2.45, 2.75) is 31.9 Å². The van der Waals surface area contributed by atoms with E-state index in [4.69, 9.17) is 4.74 Å². The number of amides is 1. The van der Waals surface area contributed by atoms with Gasteiger partial charge in [0.15, 0.2) is 5.69 Å². The molecule has 0 aliphatic carbocycles. The summed E-state index contributed by atoms with van der Waals surface area (Å²) in [5.74, 6) is -0.430. The van der Waals surface area contributed by atoms with Crippen LogP contribution >= 0.6 is 11.3 Å².